The number of hydrogen-bond acceptors (Lipinski definition) is 4. The van der Waals surface area contributed by atoms with Crippen molar-refractivity contribution in [1.29, 1.82) is 0 Å². The molecule has 2 rings (SSSR count). The van der Waals surface area contributed by atoms with E-state index in [0.717, 1.165) is 22.2 Å². The summed E-state index contributed by atoms with van der Waals surface area (Å²) >= 11 is 1.60. The number of benzene rings is 1. The minimum atomic E-state index is -0.707. The van der Waals surface area contributed by atoms with Crippen LogP contribution >= 0.6 is 11.8 Å². The second-order valence-electron chi connectivity index (χ2n) is 5.16. The van der Waals surface area contributed by atoms with E-state index in [-0.39, 0.29) is 5.91 Å². The summed E-state index contributed by atoms with van der Waals surface area (Å²) in [7, 11) is 0. The Morgan fingerprint density at radius 2 is 2.13 bits per heavy atom. The van der Waals surface area contributed by atoms with Crippen molar-refractivity contribution in [2.24, 2.45) is 5.73 Å². The van der Waals surface area contributed by atoms with Gasteiger partial charge in [-0.3, -0.25) is 9.78 Å². The van der Waals surface area contributed by atoms with Gasteiger partial charge in [-0.2, -0.15) is 11.8 Å². The van der Waals surface area contributed by atoms with Gasteiger partial charge >= 0.3 is 6.03 Å². The zero-order chi connectivity index (χ0) is 16.8. The summed E-state index contributed by atoms with van der Waals surface area (Å²) in [5.41, 5.74) is 7.71. The van der Waals surface area contributed by atoms with Crippen molar-refractivity contribution in [3.05, 3.63) is 36.0 Å². The lowest BCUT2D eigenvalue weighted by Gasteiger charge is -2.18. The normalized spacial score (nSPS) is 11.9. The van der Waals surface area contributed by atoms with E-state index in [1.807, 2.05) is 37.4 Å². The van der Waals surface area contributed by atoms with E-state index in [9.17, 15) is 9.59 Å². The van der Waals surface area contributed by atoms with Gasteiger partial charge in [0.15, 0.2) is 0 Å². The number of nitrogens with two attached hydrogens (primary N) is 1. The van der Waals surface area contributed by atoms with Crippen molar-refractivity contribution in [3.8, 4) is 0 Å². The predicted molar refractivity (Wildman–Crippen MR) is 94.6 cm³/mol. The SMILES string of the molecule is CSCC[C@@H](NC(N)=O)C(=O)Nc1ccc(C)c2ncccc12. The Hall–Kier alpha value is -2.28. The molecule has 0 aliphatic heterocycles. The van der Waals surface area contributed by atoms with E-state index >= 15 is 0 Å². The molecule has 3 amide bonds. The van der Waals surface area contributed by atoms with Gasteiger partial charge in [-0.05, 0) is 49.1 Å². The van der Waals surface area contributed by atoms with Crippen molar-refractivity contribution in [2.45, 2.75) is 19.4 Å². The molecule has 0 fully saturated rings. The molecule has 23 heavy (non-hydrogen) atoms. The average molecular weight is 332 g/mol. The lowest BCUT2D eigenvalue weighted by molar-refractivity contribution is -0.117. The van der Waals surface area contributed by atoms with Crippen LogP contribution in [-0.2, 0) is 4.79 Å². The molecule has 1 aromatic heterocycles. The topological polar surface area (TPSA) is 97.1 Å². The fraction of sp³-hybridized carbons (Fsp3) is 0.312. The summed E-state index contributed by atoms with van der Waals surface area (Å²) in [4.78, 5) is 27.9. The average Bonchev–Trinajstić information content (AvgIpc) is 2.54. The standard InChI is InChI=1S/C16H20N4O2S/c1-10-5-6-12(11-4-3-8-18-14(10)11)19-15(21)13(7-9-23-2)20-16(17)22/h3-6,8,13H,7,9H2,1-2H3,(H,19,21)(H3,17,20,22)/t13-/m1/s1. The molecule has 0 radical (unpaired) electrons. The number of aryl methyl sites for hydroxylation is 1. The van der Waals surface area contributed by atoms with Crippen LogP contribution in [0.4, 0.5) is 10.5 Å². The molecular formula is C16H20N4O2S. The van der Waals surface area contributed by atoms with Gasteiger partial charge in [-0.1, -0.05) is 6.07 Å². The van der Waals surface area contributed by atoms with Gasteiger partial charge in [0.1, 0.15) is 6.04 Å². The molecule has 0 spiro atoms. The Kier molecular flexibility index (Phi) is 5.81. The van der Waals surface area contributed by atoms with E-state index in [1.165, 1.54) is 0 Å². The third-order valence-corrected chi connectivity index (χ3v) is 4.12. The van der Waals surface area contributed by atoms with Gasteiger partial charge < -0.3 is 16.4 Å². The van der Waals surface area contributed by atoms with Crippen LogP contribution in [0.3, 0.4) is 0 Å². The molecule has 1 aromatic carbocycles. The molecule has 1 heterocycles. The lowest BCUT2D eigenvalue weighted by Crippen LogP contribution is -2.46. The first-order chi connectivity index (χ1) is 11.0. The number of nitrogens with zero attached hydrogens (tertiary/aromatic N) is 1. The fourth-order valence-corrected chi connectivity index (χ4v) is 2.79. The zero-order valence-electron chi connectivity index (χ0n) is 13.1. The highest BCUT2D eigenvalue weighted by atomic mass is 32.2. The van der Waals surface area contributed by atoms with Crippen molar-refractivity contribution in [3.63, 3.8) is 0 Å². The number of anilines is 1. The van der Waals surface area contributed by atoms with Crippen LogP contribution in [0.2, 0.25) is 0 Å². The van der Waals surface area contributed by atoms with E-state index in [0.29, 0.717) is 12.1 Å². The minimum Gasteiger partial charge on any atom is -0.352 e. The number of thioether (sulfide) groups is 1. The molecule has 122 valence electrons. The molecular weight excluding hydrogens is 312 g/mol. The highest BCUT2D eigenvalue weighted by molar-refractivity contribution is 7.98. The first-order valence-electron chi connectivity index (χ1n) is 7.23. The number of fused-ring (bicyclic) bond motifs is 1. The second-order valence-corrected chi connectivity index (χ2v) is 6.15. The van der Waals surface area contributed by atoms with Crippen LogP contribution in [0.15, 0.2) is 30.5 Å². The highest BCUT2D eigenvalue weighted by Gasteiger charge is 2.20. The zero-order valence-corrected chi connectivity index (χ0v) is 13.9. The number of urea groups is 1. The maximum Gasteiger partial charge on any atom is 0.312 e. The van der Waals surface area contributed by atoms with Gasteiger partial charge in [0.25, 0.3) is 0 Å². The molecule has 0 saturated heterocycles. The summed E-state index contributed by atoms with van der Waals surface area (Å²) in [6.07, 6.45) is 4.17. The second kappa shape index (κ2) is 7.82. The van der Waals surface area contributed by atoms with Crippen molar-refractivity contribution >= 4 is 40.3 Å². The third kappa shape index (κ3) is 4.35. The van der Waals surface area contributed by atoms with Crippen LogP contribution < -0.4 is 16.4 Å². The maximum atomic E-state index is 12.5. The van der Waals surface area contributed by atoms with Crippen LogP contribution in [-0.4, -0.2) is 35.0 Å². The number of primary amides is 1. The number of carbonyl (C=O) groups excluding carboxylic acids is 2. The van der Waals surface area contributed by atoms with Crippen LogP contribution in [0.25, 0.3) is 10.9 Å². The van der Waals surface area contributed by atoms with Crippen LogP contribution in [0.5, 0.6) is 0 Å². The molecule has 1 atom stereocenters. The van der Waals surface area contributed by atoms with E-state index < -0.39 is 12.1 Å². The number of pyridine rings is 1. The summed E-state index contributed by atoms with van der Waals surface area (Å²) in [6, 6.07) is 6.11. The van der Waals surface area contributed by atoms with Gasteiger partial charge in [0.05, 0.1) is 11.2 Å². The molecule has 0 aliphatic carbocycles. The Morgan fingerprint density at radius 1 is 1.35 bits per heavy atom. The van der Waals surface area contributed by atoms with Crippen molar-refractivity contribution in [2.75, 3.05) is 17.3 Å². The molecule has 0 saturated carbocycles. The predicted octanol–water partition coefficient (Wildman–Crippen LogP) is 2.27. The van der Waals surface area contributed by atoms with E-state index in [2.05, 4.69) is 15.6 Å². The van der Waals surface area contributed by atoms with Gasteiger partial charge in [-0.15, -0.1) is 0 Å². The Labute approximate surface area is 139 Å². The molecule has 0 bridgehead atoms. The van der Waals surface area contributed by atoms with Crippen LogP contribution in [0, 0.1) is 6.92 Å². The first-order valence-corrected chi connectivity index (χ1v) is 8.62. The Balaban J connectivity index is 2.24. The van der Waals surface area contributed by atoms with Gasteiger partial charge in [0, 0.05) is 11.6 Å². The van der Waals surface area contributed by atoms with Crippen molar-refractivity contribution < 1.29 is 9.59 Å². The molecule has 7 heteroatoms. The quantitative estimate of drug-likeness (QED) is 0.756. The van der Waals surface area contributed by atoms with E-state index in [1.54, 1.807) is 18.0 Å². The first kappa shape index (κ1) is 17.1. The smallest absolute Gasteiger partial charge is 0.312 e. The summed E-state index contributed by atoms with van der Waals surface area (Å²) in [6.45, 7) is 1.97. The molecule has 2 aromatic rings. The fourth-order valence-electron chi connectivity index (χ4n) is 2.32. The summed E-state index contributed by atoms with van der Waals surface area (Å²) in [5.74, 6) is 0.459. The van der Waals surface area contributed by atoms with Crippen LogP contribution in [0.1, 0.15) is 12.0 Å². The maximum absolute atomic E-state index is 12.5. The minimum absolute atomic E-state index is 0.285. The molecule has 0 unspecified atom stereocenters. The number of rotatable bonds is 6. The monoisotopic (exact) mass is 332 g/mol. The number of nitrogens with one attached hydrogen (secondary N) is 2. The number of hydrogen-bond donors (Lipinski definition) is 3. The Bertz CT molecular complexity index is 720. The molecule has 4 N–H and O–H groups in total. The summed E-state index contributed by atoms with van der Waals surface area (Å²) < 4.78 is 0. The molecule has 6 nitrogen and oxygen atoms in total. The van der Waals surface area contributed by atoms with Gasteiger partial charge in [-0.25, -0.2) is 4.79 Å². The summed E-state index contributed by atoms with van der Waals surface area (Å²) in [5, 5.41) is 6.22. The van der Waals surface area contributed by atoms with E-state index in [4.69, 9.17) is 5.73 Å². The largest absolute Gasteiger partial charge is 0.352 e. The number of aromatic nitrogens is 1. The third-order valence-electron chi connectivity index (χ3n) is 3.47. The Morgan fingerprint density at radius 3 is 2.83 bits per heavy atom. The number of amides is 3. The lowest BCUT2D eigenvalue weighted by atomic mass is 10.1. The molecule has 0 aliphatic rings. The number of carbonyl (C=O) groups is 2. The highest BCUT2D eigenvalue weighted by Crippen LogP contribution is 2.24. The van der Waals surface area contributed by atoms with Crippen molar-refractivity contribution in [1.82, 2.24) is 10.3 Å². The van der Waals surface area contributed by atoms with Gasteiger partial charge in [0.2, 0.25) is 5.91 Å².